The maximum absolute atomic E-state index is 8.36. The molecule has 0 aliphatic carbocycles. The van der Waals surface area contributed by atoms with Crippen LogP contribution in [0.2, 0.25) is 0 Å². The van der Waals surface area contributed by atoms with Crippen LogP contribution in [-0.4, -0.2) is 30.6 Å². The zero-order valence-electron chi connectivity index (χ0n) is 5.58. The highest BCUT2D eigenvalue weighted by Gasteiger charge is 2.00. The van der Waals surface area contributed by atoms with Crippen molar-refractivity contribution in [1.29, 1.82) is 0 Å². The van der Waals surface area contributed by atoms with E-state index < -0.39 is 6.23 Å². The number of aliphatic hydroxyl groups excluding tert-OH is 1. The minimum absolute atomic E-state index is 0.0254. The summed E-state index contributed by atoms with van der Waals surface area (Å²) in [7, 11) is 0. The van der Waals surface area contributed by atoms with Crippen molar-refractivity contribution < 1.29 is 9.84 Å². The summed E-state index contributed by atoms with van der Waals surface area (Å²) in [6, 6.07) is -0.0254. The average Bonchev–Trinajstić information content (AvgIpc) is 1.83. The second kappa shape index (κ2) is 4.69. The molecule has 0 amide bonds. The summed E-state index contributed by atoms with van der Waals surface area (Å²) in [5, 5.41) is 8.36. The molecule has 4 heteroatoms. The third-order valence-corrected chi connectivity index (χ3v) is 0.753. The van der Waals surface area contributed by atoms with Gasteiger partial charge in [0, 0.05) is 6.04 Å². The van der Waals surface area contributed by atoms with Gasteiger partial charge in [-0.3, -0.25) is 0 Å². The number of hydrogen-bond acceptors (Lipinski definition) is 4. The Hall–Kier alpha value is -0.160. The van der Waals surface area contributed by atoms with Crippen molar-refractivity contribution in [1.82, 2.24) is 0 Å². The van der Waals surface area contributed by atoms with Gasteiger partial charge in [-0.15, -0.1) is 0 Å². The third kappa shape index (κ3) is 5.72. The zero-order chi connectivity index (χ0) is 7.28. The van der Waals surface area contributed by atoms with Crippen LogP contribution >= 0.6 is 0 Å². The van der Waals surface area contributed by atoms with Gasteiger partial charge in [-0.2, -0.15) is 0 Å². The molecule has 0 spiro atoms. The Labute approximate surface area is 54.8 Å². The van der Waals surface area contributed by atoms with Crippen LogP contribution in [0.1, 0.15) is 6.92 Å². The number of hydrogen-bond donors (Lipinski definition) is 3. The molecule has 0 aromatic heterocycles. The molecule has 0 radical (unpaired) electrons. The van der Waals surface area contributed by atoms with Crippen molar-refractivity contribution in [2.75, 3.05) is 13.2 Å². The molecule has 0 aromatic carbocycles. The predicted molar refractivity (Wildman–Crippen MR) is 34.7 cm³/mol. The van der Waals surface area contributed by atoms with Gasteiger partial charge in [0.2, 0.25) is 0 Å². The molecule has 0 aromatic rings. The van der Waals surface area contributed by atoms with Crippen LogP contribution in [0.5, 0.6) is 0 Å². The van der Waals surface area contributed by atoms with E-state index in [1.807, 2.05) is 6.92 Å². The summed E-state index contributed by atoms with van der Waals surface area (Å²) in [6.45, 7) is 2.04. The van der Waals surface area contributed by atoms with Gasteiger partial charge in [-0.1, -0.05) is 0 Å². The molecule has 5 N–H and O–H groups in total. The molecule has 0 rings (SSSR count). The molecule has 4 nitrogen and oxygen atoms in total. The van der Waals surface area contributed by atoms with Gasteiger partial charge in [0.15, 0.2) is 0 Å². The minimum Gasteiger partial charge on any atom is -0.392 e. The second-order valence-electron chi connectivity index (χ2n) is 2.03. The Balaban J connectivity index is 3.06. The lowest BCUT2D eigenvalue weighted by molar-refractivity contribution is 0.0125. The molecule has 0 heterocycles. The fourth-order valence-electron chi connectivity index (χ4n) is 0.328. The first-order valence-corrected chi connectivity index (χ1v) is 2.90. The Morgan fingerprint density at radius 1 is 1.56 bits per heavy atom. The van der Waals surface area contributed by atoms with Crippen LogP contribution < -0.4 is 11.5 Å². The molecule has 0 fully saturated rings. The molecule has 2 atom stereocenters. The van der Waals surface area contributed by atoms with Crippen LogP contribution in [0.3, 0.4) is 0 Å². The first-order chi connectivity index (χ1) is 4.16. The molecule has 9 heavy (non-hydrogen) atoms. The molecule has 2 unspecified atom stereocenters. The zero-order valence-corrected chi connectivity index (χ0v) is 5.58. The lowest BCUT2D eigenvalue weighted by Gasteiger charge is -2.11. The van der Waals surface area contributed by atoms with E-state index >= 15 is 0 Å². The molecule has 0 bridgehead atoms. The molecular formula is C5H14N2O2. The molecule has 0 saturated carbocycles. The fraction of sp³-hybridized carbons (Fsp3) is 1.00. The van der Waals surface area contributed by atoms with Gasteiger partial charge < -0.3 is 21.3 Å². The van der Waals surface area contributed by atoms with E-state index in [4.69, 9.17) is 21.3 Å². The number of ether oxygens (including phenoxy) is 1. The van der Waals surface area contributed by atoms with E-state index in [0.29, 0.717) is 6.61 Å². The van der Waals surface area contributed by atoms with Crippen molar-refractivity contribution in [3.63, 3.8) is 0 Å². The maximum Gasteiger partial charge on any atom is 0.129 e. The number of nitrogens with two attached hydrogens (primary N) is 2. The first-order valence-electron chi connectivity index (χ1n) is 2.90. The summed E-state index contributed by atoms with van der Waals surface area (Å²) in [5.41, 5.74) is 10.5. The van der Waals surface area contributed by atoms with Gasteiger partial charge in [0.05, 0.1) is 13.2 Å². The fourth-order valence-corrected chi connectivity index (χ4v) is 0.328. The molecular weight excluding hydrogens is 120 g/mol. The van der Waals surface area contributed by atoms with Gasteiger partial charge in [-0.25, -0.2) is 0 Å². The van der Waals surface area contributed by atoms with Crippen molar-refractivity contribution in [3.05, 3.63) is 0 Å². The maximum atomic E-state index is 8.36. The predicted octanol–water partition coefficient (Wildman–Crippen LogP) is -1.37. The first kappa shape index (κ1) is 8.84. The van der Waals surface area contributed by atoms with Crippen molar-refractivity contribution in [2.45, 2.75) is 19.2 Å². The van der Waals surface area contributed by atoms with Crippen molar-refractivity contribution in [3.8, 4) is 0 Å². The summed E-state index contributed by atoms with van der Waals surface area (Å²) in [6.07, 6.45) is -0.587. The van der Waals surface area contributed by atoms with Crippen LogP contribution in [0.15, 0.2) is 0 Å². The van der Waals surface area contributed by atoms with Crippen molar-refractivity contribution in [2.24, 2.45) is 11.5 Å². The van der Waals surface area contributed by atoms with E-state index in [2.05, 4.69) is 0 Å². The van der Waals surface area contributed by atoms with E-state index in [0.717, 1.165) is 0 Å². The van der Waals surface area contributed by atoms with E-state index in [-0.39, 0.29) is 12.6 Å². The Morgan fingerprint density at radius 2 is 2.11 bits per heavy atom. The van der Waals surface area contributed by atoms with Crippen LogP contribution in [0.4, 0.5) is 0 Å². The highest BCUT2D eigenvalue weighted by Crippen LogP contribution is 1.82. The number of rotatable bonds is 4. The monoisotopic (exact) mass is 134 g/mol. The molecule has 0 saturated heterocycles. The Kier molecular flexibility index (Phi) is 4.61. The lowest BCUT2D eigenvalue weighted by Crippen LogP contribution is -2.33. The standard InChI is InChI=1S/C5H14N2O2/c1-4(6)3-9-5(7)2-8/h4-5,8H,2-3,6-7H2,1H3. The summed E-state index contributed by atoms with van der Waals surface area (Å²) in [4.78, 5) is 0. The van der Waals surface area contributed by atoms with Gasteiger partial charge in [0.25, 0.3) is 0 Å². The van der Waals surface area contributed by atoms with Gasteiger partial charge >= 0.3 is 0 Å². The van der Waals surface area contributed by atoms with Gasteiger partial charge in [0.1, 0.15) is 6.23 Å². The minimum atomic E-state index is -0.587. The van der Waals surface area contributed by atoms with E-state index in [1.165, 1.54) is 0 Å². The molecule has 56 valence electrons. The lowest BCUT2D eigenvalue weighted by atomic mass is 10.4. The van der Waals surface area contributed by atoms with Crippen LogP contribution in [0.25, 0.3) is 0 Å². The Morgan fingerprint density at radius 3 is 2.44 bits per heavy atom. The van der Waals surface area contributed by atoms with E-state index in [9.17, 15) is 0 Å². The second-order valence-corrected chi connectivity index (χ2v) is 2.03. The van der Waals surface area contributed by atoms with Crippen LogP contribution in [-0.2, 0) is 4.74 Å². The summed E-state index contributed by atoms with van der Waals surface area (Å²) in [5.74, 6) is 0. The quantitative estimate of drug-likeness (QED) is 0.414. The summed E-state index contributed by atoms with van der Waals surface area (Å²) < 4.78 is 4.86. The SMILES string of the molecule is CC(N)COC(N)CO. The topological polar surface area (TPSA) is 81.5 Å². The number of aliphatic hydroxyl groups is 1. The molecule has 0 aliphatic heterocycles. The largest absolute Gasteiger partial charge is 0.392 e. The van der Waals surface area contributed by atoms with Crippen molar-refractivity contribution >= 4 is 0 Å². The highest BCUT2D eigenvalue weighted by molar-refractivity contribution is 4.51. The third-order valence-electron chi connectivity index (χ3n) is 0.753. The highest BCUT2D eigenvalue weighted by atomic mass is 16.5. The Bertz CT molecular complexity index is 68.0. The van der Waals surface area contributed by atoms with Crippen LogP contribution in [0, 0.1) is 0 Å². The smallest absolute Gasteiger partial charge is 0.129 e. The molecule has 0 aliphatic rings. The normalized spacial score (nSPS) is 17.3. The summed E-state index contributed by atoms with van der Waals surface area (Å²) >= 11 is 0. The van der Waals surface area contributed by atoms with E-state index in [1.54, 1.807) is 0 Å². The van der Waals surface area contributed by atoms with Gasteiger partial charge in [-0.05, 0) is 6.92 Å². The average molecular weight is 134 g/mol.